The van der Waals surface area contributed by atoms with Crippen molar-refractivity contribution in [2.75, 3.05) is 26.2 Å². The highest BCUT2D eigenvalue weighted by molar-refractivity contribution is 4.58. The van der Waals surface area contributed by atoms with E-state index in [1.807, 2.05) is 0 Å². The molecule has 0 spiro atoms. The first kappa shape index (κ1) is 66.0. The number of nitrogens with zero attached hydrogens (tertiary/aromatic N) is 1. The first-order valence-electron chi connectivity index (χ1n) is 32.6. The second-order valence-electron chi connectivity index (χ2n) is 23.0. The van der Waals surface area contributed by atoms with Crippen molar-refractivity contribution in [2.45, 2.75) is 394 Å². The van der Waals surface area contributed by atoms with Gasteiger partial charge in [-0.2, -0.15) is 0 Å². The molecule has 0 amide bonds. The average Bonchev–Trinajstić information content (AvgIpc) is 3.33. The molecule has 0 rings (SSSR count). The van der Waals surface area contributed by atoms with Crippen molar-refractivity contribution in [3.63, 3.8) is 0 Å². The molecule has 0 aromatic carbocycles. The molecular weight excluding hydrogens is 795 g/mol. The molecule has 1 nitrogen and oxygen atoms in total. The van der Waals surface area contributed by atoms with E-state index in [-0.39, 0.29) is 0 Å². The first-order valence-corrected chi connectivity index (χ1v) is 32.6. The van der Waals surface area contributed by atoms with Crippen molar-refractivity contribution < 1.29 is 4.48 Å². The summed E-state index contributed by atoms with van der Waals surface area (Å²) in [5.41, 5.74) is 0. The van der Waals surface area contributed by atoms with Gasteiger partial charge < -0.3 is 4.48 Å². The quantitative estimate of drug-likeness (QED) is 0.0421. The van der Waals surface area contributed by atoms with Gasteiger partial charge in [0.1, 0.15) is 0 Å². The van der Waals surface area contributed by atoms with E-state index in [0.717, 1.165) is 0 Å². The summed E-state index contributed by atoms with van der Waals surface area (Å²) in [7, 11) is 0. The average molecular weight is 930 g/mol. The highest BCUT2D eigenvalue weighted by Crippen LogP contribution is 2.23. The van der Waals surface area contributed by atoms with Crippen LogP contribution < -0.4 is 0 Å². The monoisotopic (exact) mass is 929 g/mol. The molecule has 0 aliphatic heterocycles. The Morgan fingerprint density at radius 2 is 0.212 bits per heavy atom. The third kappa shape index (κ3) is 53.3. The van der Waals surface area contributed by atoms with Gasteiger partial charge in [0, 0.05) is 0 Å². The van der Waals surface area contributed by atoms with E-state index in [1.54, 1.807) is 0 Å². The van der Waals surface area contributed by atoms with Crippen molar-refractivity contribution in [1.82, 2.24) is 0 Å². The molecule has 398 valence electrons. The van der Waals surface area contributed by atoms with Gasteiger partial charge in [-0.1, -0.05) is 342 Å². The summed E-state index contributed by atoms with van der Waals surface area (Å²) in [5, 5.41) is 0. The van der Waals surface area contributed by atoms with Gasteiger partial charge in [-0.05, 0) is 51.4 Å². The van der Waals surface area contributed by atoms with Gasteiger partial charge in [0.2, 0.25) is 0 Å². The van der Waals surface area contributed by atoms with Crippen LogP contribution in [-0.4, -0.2) is 30.7 Å². The lowest BCUT2D eigenvalue weighted by atomic mass is 10.0. The molecule has 0 radical (unpaired) electrons. The molecule has 0 saturated carbocycles. The summed E-state index contributed by atoms with van der Waals surface area (Å²) in [6, 6.07) is 0. The molecule has 0 atom stereocenters. The summed E-state index contributed by atoms with van der Waals surface area (Å²) in [6.07, 6.45) is 84.2. The van der Waals surface area contributed by atoms with Crippen LogP contribution in [-0.2, 0) is 0 Å². The van der Waals surface area contributed by atoms with E-state index in [2.05, 4.69) is 27.7 Å². The lowest BCUT2D eigenvalue weighted by Gasteiger charge is -2.40. The summed E-state index contributed by atoms with van der Waals surface area (Å²) in [5.74, 6) is 0. The maximum atomic E-state index is 2.37. The van der Waals surface area contributed by atoms with Gasteiger partial charge >= 0.3 is 0 Å². The van der Waals surface area contributed by atoms with Crippen molar-refractivity contribution >= 4 is 0 Å². The van der Waals surface area contributed by atoms with Crippen molar-refractivity contribution in [1.29, 1.82) is 0 Å². The summed E-state index contributed by atoms with van der Waals surface area (Å²) in [4.78, 5) is 0. The molecule has 0 aromatic rings. The van der Waals surface area contributed by atoms with Crippen molar-refractivity contribution in [2.24, 2.45) is 0 Å². The Balaban J connectivity index is 4.68. The molecule has 1 heteroatoms. The van der Waals surface area contributed by atoms with Crippen LogP contribution in [0.3, 0.4) is 0 Å². The molecule has 0 N–H and O–H groups in total. The van der Waals surface area contributed by atoms with Gasteiger partial charge in [0.05, 0.1) is 26.2 Å². The molecule has 66 heavy (non-hydrogen) atoms. The Hall–Kier alpha value is -0.0400. The lowest BCUT2D eigenvalue weighted by Crippen LogP contribution is -2.50. The van der Waals surface area contributed by atoms with Crippen LogP contribution in [0.1, 0.15) is 394 Å². The van der Waals surface area contributed by atoms with E-state index in [0.29, 0.717) is 0 Å². The van der Waals surface area contributed by atoms with Gasteiger partial charge in [0.25, 0.3) is 0 Å². The number of hydrogen-bond acceptors (Lipinski definition) is 0. The van der Waals surface area contributed by atoms with Gasteiger partial charge in [0.15, 0.2) is 0 Å². The van der Waals surface area contributed by atoms with Gasteiger partial charge in [-0.25, -0.2) is 0 Å². The Morgan fingerprint density at radius 1 is 0.121 bits per heavy atom. The Bertz CT molecular complexity index is 725. The zero-order valence-corrected chi connectivity index (χ0v) is 47.6. The zero-order chi connectivity index (χ0) is 47.6. The van der Waals surface area contributed by atoms with E-state index in [4.69, 9.17) is 0 Å². The summed E-state index contributed by atoms with van der Waals surface area (Å²) < 4.78 is 1.49. The normalized spacial score (nSPS) is 12.0. The smallest absolute Gasteiger partial charge is 0.0786 e. The molecule has 0 saturated heterocycles. The largest absolute Gasteiger partial charge is 0.324 e. The fourth-order valence-corrected chi connectivity index (χ4v) is 11.4. The highest BCUT2D eigenvalue weighted by Gasteiger charge is 2.26. The summed E-state index contributed by atoms with van der Waals surface area (Å²) in [6.45, 7) is 15.3. The molecule has 0 aliphatic rings. The van der Waals surface area contributed by atoms with Crippen LogP contribution in [0.4, 0.5) is 0 Å². The first-order chi connectivity index (χ1) is 32.7. The second kappa shape index (κ2) is 59.3. The maximum Gasteiger partial charge on any atom is 0.0786 e. The van der Waals surface area contributed by atoms with Crippen LogP contribution in [0.25, 0.3) is 0 Å². The molecule has 0 unspecified atom stereocenters. The SMILES string of the molecule is CCCCCCCCCCCCCCCCCCC[N+](CCCCCCCC)(CCCCCCCCCCCCCCCCCCC)CCCCCCCCCCCCCCCCCCC. The predicted octanol–water partition coefficient (Wildman–Crippen LogP) is 24.1. The standard InChI is InChI=1S/C65H134N/c1-5-9-13-17-21-24-27-30-33-36-39-42-45-48-51-55-59-63-66(62-58-54-20-16-12-8-4,64-60-56-52-49-46-43-40-37-34-31-28-25-22-18-14-10-6-2)65-61-57-53-50-47-44-41-38-35-32-29-26-23-19-15-11-7-3/h5-65H2,1-4H3/q+1. The van der Waals surface area contributed by atoms with Gasteiger partial charge in [-0.3, -0.25) is 0 Å². The third-order valence-corrected chi connectivity index (χ3v) is 16.2. The maximum absolute atomic E-state index is 2.37. The Labute approximate surface area is 422 Å². The number of unbranched alkanes of at least 4 members (excludes halogenated alkanes) is 53. The minimum Gasteiger partial charge on any atom is -0.324 e. The Kier molecular flexibility index (Phi) is 59.2. The molecule has 0 bridgehead atoms. The highest BCUT2D eigenvalue weighted by atomic mass is 15.3. The van der Waals surface area contributed by atoms with Crippen LogP contribution in [0, 0.1) is 0 Å². The topological polar surface area (TPSA) is 0 Å². The van der Waals surface area contributed by atoms with E-state index >= 15 is 0 Å². The predicted molar refractivity (Wildman–Crippen MR) is 306 cm³/mol. The van der Waals surface area contributed by atoms with E-state index < -0.39 is 0 Å². The van der Waals surface area contributed by atoms with Crippen molar-refractivity contribution in [3.8, 4) is 0 Å². The zero-order valence-electron chi connectivity index (χ0n) is 47.6. The minimum atomic E-state index is 1.37. The van der Waals surface area contributed by atoms with Crippen LogP contribution in [0.15, 0.2) is 0 Å². The fourth-order valence-electron chi connectivity index (χ4n) is 11.4. The molecule has 0 fully saturated rings. The van der Waals surface area contributed by atoms with E-state index in [1.165, 1.54) is 397 Å². The lowest BCUT2D eigenvalue weighted by molar-refractivity contribution is -0.929. The minimum absolute atomic E-state index is 1.37. The van der Waals surface area contributed by atoms with Crippen LogP contribution in [0.5, 0.6) is 0 Å². The molecule has 0 aromatic heterocycles. The number of quaternary nitrogens is 1. The number of hydrogen-bond donors (Lipinski definition) is 0. The second-order valence-corrected chi connectivity index (χ2v) is 23.0. The number of rotatable bonds is 61. The molecule has 0 heterocycles. The van der Waals surface area contributed by atoms with Crippen LogP contribution in [0.2, 0.25) is 0 Å². The molecular formula is C65H134N+. The van der Waals surface area contributed by atoms with E-state index in [9.17, 15) is 0 Å². The van der Waals surface area contributed by atoms with Crippen molar-refractivity contribution in [3.05, 3.63) is 0 Å². The van der Waals surface area contributed by atoms with Gasteiger partial charge in [-0.15, -0.1) is 0 Å². The summed E-state index contributed by atoms with van der Waals surface area (Å²) >= 11 is 0. The third-order valence-electron chi connectivity index (χ3n) is 16.2. The fraction of sp³-hybridized carbons (Fsp3) is 1.00. The van der Waals surface area contributed by atoms with Crippen LogP contribution >= 0.6 is 0 Å². The molecule has 0 aliphatic carbocycles. The Morgan fingerprint density at radius 3 is 0.318 bits per heavy atom.